The third-order valence-corrected chi connectivity index (χ3v) is 3.49. The second-order valence-corrected chi connectivity index (χ2v) is 6.69. The summed E-state index contributed by atoms with van der Waals surface area (Å²) >= 11 is 0. The molecule has 0 aliphatic carbocycles. The lowest BCUT2D eigenvalue weighted by molar-refractivity contribution is -0.118. The SMILES string of the molecule is CC(C)CC[C@H](C)NC(=O)Nc1ccc(NC(=O)C(C)C)cc1. The highest BCUT2D eigenvalue weighted by Crippen LogP contribution is 2.14. The maximum atomic E-state index is 11.9. The van der Waals surface area contributed by atoms with E-state index in [0.29, 0.717) is 11.6 Å². The zero-order chi connectivity index (χ0) is 17.4. The number of carbonyl (C=O) groups excluding carboxylic acids is 2. The molecule has 0 aliphatic rings. The molecule has 1 rings (SSSR count). The first-order valence-electron chi connectivity index (χ1n) is 8.26. The van der Waals surface area contributed by atoms with Gasteiger partial charge in [-0.3, -0.25) is 4.79 Å². The van der Waals surface area contributed by atoms with Crippen LogP contribution in [0.3, 0.4) is 0 Å². The fourth-order valence-electron chi connectivity index (χ4n) is 1.97. The number of carbonyl (C=O) groups is 2. The van der Waals surface area contributed by atoms with Gasteiger partial charge in [0.2, 0.25) is 5.91 Å². The Morgan fingerprint density at radius 3 is 1.87 bits per heavy atom. The Labute approximate surface area is 139 Å². The molecule has 0 unspecified atom stereocenters. The Morgan fingerprint density at radius 1 is 0.870 bits per heavy atom. The number of rotatable bonds is 7. The van der Waals surface area contributed by atoms with E-state index in [0.717, 1.165) is 18.5 Å². The number of amides is 3. The van der Waals surface area contributed by atoms with Crippen LogP contribution >= 0.6 is 0 Å². The standard InChI is InChI=1S/C18H29N3O2/c1-12(2)6-7-14(5)19-18(23)21-16-10-8-15(9-11-16)20-17(22)13(3)4/h8-14H,6-7H2,1-5H3,(H,20,22)(H2,19,21,23)/t14-/m0/s1. The minimum absolute atomic E-state index is 0.0255. The maximum absolute atomic E-state index is 11.9. The lowest BCUT2D eigenvalue weighted by Gasteiger charge is -2.16. The van der Waals surface area contributed by atoms with Crippen LogP contribution in [0.1, 0.15) is 47.5 Å². The van der Waals surface area contributed by atoms with E-state index in [2.05, 4.69) is 29.8 Å². The van der Waals surface area contributed by atoms with Gasteiger partial charge in [-0.15, -0.1) is 0 Å². The van der Waals surface area contributed by atoms with Gasteiger partial charge in [0.1, 0.15) is 0 Å². The van der Waals surface area contributed by atoms with E-state index in [-0.39, 0.29) is 23.9 Å². The van der Waals surface area contributed by atoms with E-state index < -0.39 is 0 Å². The van der Waals surface area contributed by atoms with Crippen LogP contribution in [0.25, 0.3) is 0 Å². The molecule has 3 amide bonds. The van der Waals surface area contributed by atoms with Crippen LogP contribution in [0, 0.1) is 11.8 Å². The lowest BCUT2D eigenvalue weighted by Crippen LogP contribution is -2.36. The van der Waals surface area contributed by atoms with E-state index in [1.54, 1.807) is 24.3 Å². The molecule has 1 aromatic rings. The highest BCUT2D eigenvalue weighted by molar-refractivity contribution is 5.93. The molecule has 0 radical (unpaired) electrons. The van der Waals surface area contributed by atoms with Crippen LogP contribution in [0.5, 0.6) is 0 Å². The van der Waals surface area contributed by atoms with Crippen molar-refractivity contribution in [1.29, 1.82) is 0 Å². The molecule has 23 heavy (non-hydrogen) atoms. The van der Waals surface area contributed by atoms with Crippen molar-refractivity contribution in [3.8, 4) is 0 Å². The first kappa shape index (κ1) is 19.0. The quantitative estimate of drug-likeness (QED) is 0.704. The molecule has 1 atom stereocenters. The topological polar surface area (TPSA) is 70.2 Å². The predicted octanol–water partition coefficient (Wildman–Crippen LogP) is 4.23. The summed E-state index contributed by atoms with van der Waals surface area (Å²) in [6, 6.07) is 7.03. The van der Waals surface area contributed by atoms with Crippen molar-refractivity contribution in [2.45, 2.75) is 53.5 Å². The smallest absolute Gasteiger partial charge is 0.319 e. The third kappa shape index (κ3) is 7.68. The molecule has 0 aliphatic heterocycles. The average Bonchev–Trinajstić information content (AvgIpc) is 2.47. The Balaban J connectivity index is 2.45. The number of urea groups is 1. The largest absolute Gasteiger partial charge is 0.335 e. The summed E-state index contributed by atoms with van der Waals surface area (Å²) in [7, 11) is 0. The van der Waals surface area contributed by atoms with Gasteiger partial charge < -0.3 is 16.0 Å². The number of hydrogen-bond donors (Lipinski definition) is 3. The summed E-state index contributed by atoms with van der Waals surface area (Å²) in [6.07, 6.45) is 2.05. The van der Waals surface area contributed by atoms with Gasteiger partial charge in [0.25, 0.3) is 0 Å². The summed E-state index contributed by atoms with van der Waals surface area (Å²) < 4.78 is 0. The van der Waals surface area contributed by atoms with Crippen molar-refractivity contribution in [3.63, 3.8) is 0 Å². The lowest BCUT2D eigenvalue weighted by atomic mass is 10.0. The summed E-state index contributed by atoms with van der Waals surface area (Å²) in [6.45, 7) is 10.0. The molecule has 0 spiro atoms. The highest BCUT2D eigenvalue weighted by atomic mass is 16.2. The second kappa shape index (κ2) is 9.18. The van der Waals surface area contributed by atoms with Gasteiger partial charge >= 0.3 is 6.03 Å². The monoisotopic (exact) mass is 319 g/mol. The van der Waals surface area contributed by atoms with Gasteiger partial charge in [-0.25, -0.2) is 4.79 Å². The van der Waals surface area contributed by atoms with E-state index >= 15 is 0 Å². The summed E-state index contributed by atoms with van der Waals surface area (Å²) in [5.74, 6) is 0.546. The highest BCUT2D eigenvalue weighted by Gasteiger charge is 2.09. The number of nitrogens with one attached hydrogen (secondary N) is 3. The number of benzene rings is 1. The molecular formula is C18H29N3O2. The summed E-state index contributed by atoms with van der Waals surface area (Å²) in [5, 5.41) is 8.54. The maximum Gasteiger partial charge on any atom is 0.319 e. The zero-order valence-electron chi connectivity index (χ0n) is 14.8. The van der Waals surface area contributed by atoms with Crippen molar-refractivity contribution in [2.24, 2.45) is 11.8 Å². The van der Waals surface area contributed by atoms with E-state index in [1.807, 2.05) is 20.8 Å². The van der Waals surface area contributed by atoms with Crippen LogP contribution in [0.2, 0.25) is 0 Å². The fraction of sp³-hybridized carbons (Fsp3) is 0.556. The van der Waals surface area contributed by atoms with Crippen LogP contribution in [0.4, 0.5) is 16.2 Å². The second-order valence-electron chi connectivity index (χ2n) is 6.69. The van der Waals surface area contributed by atoms with Gasteiger partial charge in [-0.05, 0) is 49.9 Å². The van der Waals surface area contributed by atoms with Crippen LogP contribution < -0.4 is 16.0 Å². The molecule has 0 aromatic heterocycles. The van der Waals surface area contributed by atoms with Gasteiger partial charge in [0, 0.05) is 23.3 Å². The molecule has 128 valence electrons. The number of hydrogen-bond acceptors (Lipinski definition) is 2. The first-order valence-corrected chi connectivity index (χ1v) is 8.26. The molecule has 0 fully saturated rings. The molecule has 5 heteroatoms. The molecule has 0 saturated carbocycles. The molecule has 5 nitrogen and oxygen atoms in total. The minimum atomic E-state index is -0.208. The molecule has 0 saturated heterocycles. The third-order valence-electron chi connectivity index (χ3n) is 3.49. The van der Waals surface area contributed by atoms with Gasteiger partial charge in [-0.1, -0.05) is 27.7 Å². The van der Waals surface area contributed by atoms with Gasteiger partial charge in [0.05, 0.1) is 0 Å². The fourth-order valence-corrected chi connectivity index (χ4v) is 1.97. The molecule has 0 heterocycles. The Bertz CT molecular complexity index is 510. The molecule has 3 N–H and O–H groups in total. The van der Waals surface area contributed by atoms with Gasteiger partial charge in [-0.2, -0.15) is 0 Å². The summed E-state index contributed by atoms with van der Waals surface area (Å²) in [5.41, 5.74) is 1.42. The Kier molecular flexibility index (Phi) is 7.59. The normalized spacial score (nSPS) is 12.1. The molecule has 0 bridgehead atoms. The molecule has 1 aromatic carbocycles. The van der Waals surface area contributed by atoms with Crippen molar-refractivity contribution >= 4 is 23.3 Å². The van der Waals surface area contributed by atoms with Crippen molar-refractivity contribution in [3.05, 3.63) is 24.3 Å². The minimum Gasteiger partial charge on any atom is -0.335 e. The number of anilines is 2. The van der Waals surface area contributed by atoms with Crippen LogP contribution in [-0.4, -0.2) is 18.0 Å². The van der Waals surface area contributed by atoms with Crippen molar-refractivity contribution in [2.75, 3.05) is 10.6 Å². The Hall–Kier alpha value is -2.04. The average molecular weight is 319 g/mol. The van der Waals surface area contributed by atoms with Crippen molar-refractivity contribution < 1.29 is 9.59 Å². The van der Waals surface area contributed by atoms with Crippen LogP contribution in [0.15, 0.2) is 24.3 Å². The predicted molar refractivity (Wildman–Crippen MR) is 95.6 cm³/mol. The van der Waals surface area contributed by atoms with Gasteiger partial charge in [0.15, 0.2) is 0 Å². The van der Waals surface area contributed by atoms with E-state index in [4.69, 9.17) is 0 Å². The molecular weight excluding hydrogens is 290 g/mol. The van der Waals surface area contributed by atoms with Crippen LogP contribution in [-0.2, 0) is 4.79 Å². The first-order chi connectivity index (χ1) is 10.8. The van der Waals surface area contributed by atoms with E-state index in [9.17, 15) is 9.59 Å². The summed E-state index contributed by atoms with van der Waals surface area (Å²) in [4.78, 5) is 23.5. The zero-order valence-corrected chi connectivity index (χ0v) is 14.8. The van der Waals surface area contributed by atoms with E-state index in [1.165, 1.54) is 0 Å². The van der Waals surface area contributed by atoms with Crippen molar-refractivity contribution in [1.82, 2.24) is 5.32 Å². The Morgan fingerprint density at radius 2 is 1.39 bits per heavy atom.